The highest BCUT2D eigenvalue weighted by Crippen LogP contribution is 2.52. The van der Waals surface area contributed by atoms with Gasteiger partial charge in [0.25, 0.3) is 0 Å². The Morgan fingerprint density at radius 2 is 1.85 bits per heavy atom. The first-order valence-electron chi connectivity index (χ1n) is 12.9. The number of carbonyl (C=O) groups is 2. The molecule has 0 radical (unpaired) electrons. The summed E-state index contributed by atoms with van der Waals surface area (Å²) in [7, 11) is 1.89. The molecule has 2 aliphatic rings. The van der Waals surface area contributed by atoms with Crippen molar-refractivity contribution in [1.82, 2.24) is 10.3 Å². The zero-order valence-corrected chi connectivity index (χ0v) is 23.8. The van der Waals surface area contributed by atoms with Crippen LogP contribution in [0.1, 0.15) is 34.3 Å². The molecule has 1 fully saturated rings. The predicted octanol–water partition coefficient (Wildman–Crippen LogP) is 4.16. The maximum atomic E-state index is 13.3. The topological polar surface area (TPSA) is 125 Å². The highest BCUT2D eigenvalue weighted by Gasteiger charge is 2.53. The van der Waals surface area contributed by atoms with Gasteiger partial charge in [-0.05, 0) is 62.2 Å². The van der Waals surface area contributed by atoms with Gasteiger partial charge in [-0.1, -0.05) is 30.3 Å². The van der Waals surface area contributed by atoms with Crippen molar-refractivity contribution < 1.29 is 32.6 Å². The first-order valence-corrected chi connectivity index (χ1v) is 12.9. The van der Waals surface area contributed by atoms with E-state index in [0.717, 1.165) is 30.6 Å². The summed E-state index contributed by atoms with van der Waals surface area (Å²) < 4.78 is 40.7. The highest BCUT2D eigenvalue weighted by atomic mass is 32.1. The van der Waals surface area contributed by atoms with Crippen LogP contribution in [0.4, 0.5) is 14.6 Å². The molecule has 1 aliphatic heterocycles. The van der Waals surface area contributed by atoms with Gasteiger partial charge >= 0.3 is 6.29 Å². The number of hydrogen-bond donors (Lipinski definition) is 3. The number of amides is 1. The van der Waals surface area contributed by atoms with Gasteiger partial charge in [-0.15, -0.1) is 8.78 Å². The lowest BCUT2D eigenvalue weighted by molar-refractivity contribution is -0.286. The Morgan fingerprint density at radius 1 is 1.10 bits per heavy atom. The molecule has 1 aliphatic carbocycles. The number of fused-ring (bicyclic) bond motifs is 1. The van der Waals surface area contributed by atoms with Gasteiger partial charge < -0.3 is 30.6 Å². The summed E-state index contributed by atoms with van der Waals surface area (Å²) in [5.41, 5.74) is 7.76. The van der Waals surface area contributed by atoms with Crippen molar-refractivity contribution in [2.24, 2.45) is 5.73 Å². The molecule has 5 rings (SSSR count). The lowest BCUT2D eigenvalue weighted by Gasteiger charge is -2.17. The average Bonchev–Trinajstić information content (AvgIpc) is 3.69. The molecule has 0 bridgehead atoms. The first-order chi connectivity index (χ1) is 19.2. The normalized spacial score (nSPS) is 15.1. The molecule has 1 amide bonds. The molecule has 0 atom stereocenters. The summed E-state index contributed by atoms with van der Waals surface area (Å²) in [5, 5.41) is 5.81. The predicted molar refractivity (Wildman–Crippen MR) is 156 cm³/mol. The van der Waals surface area contributed by atoms with Gasteiger partial charge in [0.2, 0.25) is 5.91 Å². The minimum absolute atomic E-state index is 0. The standard InChI is InChI=1S/C24H18F2N2O4.C5H14N2O.H2S/c1-14-5-8-20(27-21(14)16-4-2-3-15(11-16)13-29)28-22(30)23(9-10-23)17-6-7-18-19(12-17)32-24(25,26)31-18;1-7-3-5-8-4-2-6;/h2-8,11-13H,9-10H2,1H3,(H,27,28,30);7H,2-6H2,1H3;1H2. The van der Waals surface area contributed by atoms with E-state index in [-0.39, 0.29) is 30.9 Å². The number of hydrogen-bond acceptors (Lipinski definition) is 8. The van der Waals surface area contributed by atoms with Crippen molar-refractivity contribution in [3.63, 3.8) is 0 Å². The minimum Gasteiger partial charge on any atom is -0.395 e. The quantitative estimate of drug-likeness (QED) is 0.238. The number of halogens is 2. The van der Waals surface area contributed by atoms with E-state index in [4.69, 9.17) is 10.5 Å². The molecular formula is C29H34F2N4O5S. The molecule has 0 saturated heterocycles. The molecule has 1 aromatic heterocycles. The summed E-state index contributed by atoms with van der Waals surface area (Å²) >= 11 is 0. The van der Waals surface area contributed by atoms with E-state index in [9.17, 15) is 18.4 Å². The van der Waals surface area contributed by atoms with Gasteiger partial charge in [0.1, 0.15) is 12.1 Å². The van der Waals surface area contributed by atoms with Gasteiger partial charge in [0.05, 0.1) is 24.3 Å². The van der Waals surface area contributed by atoms with Crippen LogP contribution < -0.4 is 25.8 Å². The van der Waals surface area contributed by atoms with Crippen molar-refractivity contribution in [2.75, 3.05) is 38.7 Å². The van der Waals surface area contributed by atoms with Crippen LogP contribution in [0, 0.1) is 6.92 Å². The van der Waals surface area contributed by atoms with Crippen molar-refractivity contribution >= 4 is 31.5 Å². The maximum absolute atomic E-state index is 13.3. The third-order valence-corrected chi connectivity index (χ3v) is 6.53. The second kappa shape index (κ2) is 13.9. The van der Waals surface area contributed by atoms with Crippen LogP contribution in [0.2, 0.25) is 0 Å². The smallest absolute Gasteiger partial charge is 0.395 e. The van der Waals surface area contributed by atoms with Crippen LogP contribution >= 0.6 is 13.5 Å². The number of likely N-dealkylation sites (N-methyl/N-ethyl adjacent to an activating group) is 1. The molecule has 0 unspecified atom stereocenters. The van der Waals surface area contributed by atoms with E-state index in [1.165, 1.54) is 12.1 Å². The number of pyridine rings is 1. The zero-order chi connectivity index (χ0) is 28.8. The number of alkyl halides is 2. The van der Waals surface area contributed by atoms with E-state index in [2.05, 4.69) is 25.1 Å². The van der Waals surface area contributed by atoms with Crippen molar-refractivity contribution in [3.8, 4) is 22.8 Å². The fraction of sp³-hybridized carbons (Fsp3) is 0.345. The van der Waals surface area contributed by atoms with Gasteiger partial charge in [0.15, 0.2) is 11.5 Å². The molecule has 220 valence electrons. The van der Waals surface area contributed by atoms with Gasteiger partial charge in [-0.3, -0.25) is 9.59 Å². The summed E-state index contributed by atoms with van der Waals surface area (Å²) in [6.07, 6.45) is -1.78. The molecule has 2 heterocycles. The number of rotatable bonds is 10. The van der Waals surface area contributed by atoms with Crippen LogP contribution in [0.15, 0.2) is 54.6 Å². The number of nitrogens with one attached hydrogen (secondary N) is 2. The monoisotopic (exact) mass is 588 g/mol. The number of aromatic nitrogens is 1. The largest absolute Gasteiger partial charge is 0.586 e. The number of benzene rings is 2. The fourth-order valence-electron chi connectivity index (χ4n) is 4.26. The van der Waals surface area contributed by atoms with Crippen molar-refractivity contribution in [3.05, 3.63) is 71.3 Å². The number of carbonyl (C=O) groups excluding carboxylic acids is 2. The molecule has 41 heavy (non-hydrogen) atoms. The molecule has 3 aromatic rings. The van der Waals surface area contributed by atoms with E-state index in [1.807, 2.05) is 26.1 Å². The number of anilines is 1. The number of ether oxygens (including phenoxy) is 3. The second-order valence-corrected chi connectivity index (χ2v) is 9.48. The number of nitrogens with two attached hydrogens (primary N) is 1. The van der Waals surface area contributed by atoms with Crippen molar-refractivity contribution in [2.45, 2.75) is 31.5 Å². The molecule has 4 N–H and O–H groups in total. The molecule has 12 heteroatoms. The molecule has 2 aromatic carbocycles. The minimum atomic E-state index is -3.71. The Bertz CT molecular complexity index is 1360. The molecular weight excluding hydrogens is 554 g/mol. The first kappa shape index (κ1) is 31.9. The lowest BCUT2D eigenvalue weighted by atomic mass is 9.94. The van der Waals surface area contributed by atoms with Crippen LogP contribution in [-0.4, -0.2) is 56.8 Å². The van der Waals surface area contributed by atoms with E-state index < -0.39 is 11.7 Å². The summed E-state index contributed by atoms with van der Waals surface area (Å²) in [6, 6.07) is 15.0. The Hall–Kier alpha value is -3.58. The zero-order valence-electron chi connectivity index (χ0n) is 22.8. The van der Waals surface area contributed by atoms with Crippen LogP contribution in [0.3, 0.4) is 0 Å². The third-order valence-electron chi connectivity index (χ3n) is 6.53. The molecule has 1 saturated carbocycles. The number of aryl methyl sites for hydroxylation is 1. The van der Waals surface area contributed by atoms with E-state index >= 15 is 0 Å². The van der Waals surface area contributed by atoms with Crippen LogP contribution in [0.25, 0.3) is 11.3 Å². The summed E-state index contributed by atoms with van der Waals surface area (Å²) in [5.74, 6) is -0.0486. The maximum Gasteiger partial charge on any atom is 0.586 e. The Balaban J connectivity index is 0.000000453. The van der Waals surface area contributed by atoms with Gasteiger partial charge in [-0.25, -0.2) is 4.98 Å². The highest BCUT2D eigenvalue weighted by molar-refractivity contribution is 7.59. The second-order valence-electron chi connectivity index (χ2n) is 9.48. The number of nitrogens with zero attached hydrogens (tertiary/aromatic N) is 1. The van der Waals surface area contributed by atoms with Crippen molar-refractivity contribution in [1.29, 1.82) is 0 Å². The van der Waals surface area contributed by atoms with E-state index in [1.54, 1.807) is 30.3 Å². The van der Waals surface area contributed by atoms with Gasteiger partial charge in [0, 0.05) is 24.2 Å². The average molecular weight is 589 g/mol. The molecule has 9 nitrogen and oxygen atoms in total. The van der Waals surface area contributed by atoms with Crippen LogP contribution in [-0.2, 0) is 14.9 Å². The number of aldehydes is 1. The summed E-state index contributed by atoms with van der Waals surface area (Å²) in [6.45, 7) is 4.84. The summed E-state index contributed by atoms with van der Waals surface area (Å²) in [4.78, 5) is 28.8. The Kier molecular flexibility index (Phi) is 10.8. The molecule has 0 spiro atoms. The SMILES string of the molecule is CNCCOCCN.Cc1ccc(NC(=O)C2(c3ccc4c(c3)OC(F)(F)O4)CC2)nc1-c1cccc(C=O)c1.S. The van der Waals surface area contributed by atoms with E-state index in [0.29, 0.717) is 48.6 Å². The fourth-order valence-corrected chi connectivity index (χ4v) is 4.26. The van der Waals surface area contributed by atoms with Gasteiger partial charge in [-0.2, -0.15) is 13.5 Å². The Morgan fingerprint density at radius 3 is 2.54 bits per heavy atom. The third kappa shape index (κ3) is 7.79. The van der Waals surface area contributed by atoms with Crippen LogP contribution in [0.5, 0.6) is 11.5 Å². The lowest BCUT2D eigenvalue weighted by Crippen LogP contribution is -2.28. The Labute approximate surface area is 244 Å².